The molecule has 1 aromatic carbocycles. The van der Waals surface area contributed by atoms with Gasteiger partial charge in [0.2, 0.25) is 0 Å². The number of benzene rings is 1. The molecule has 0 aliphatic heterocycles. The maximum absolute atomic E-state index is 13.1. The maximum atomic E-state index is 13.1. The normalized spacial score (nSPS) is 10.8. The molecular weight excluding hydrogens is 341 g/mol. The average Bonchev–Trinajstić information content (AvgIpc) is 2.78. The molecule has 1 N–H and O–H groups in total. The highest BCUT2D eigenvalue weighted by atomic mass is 79.9. The molecule has 0 amide bonds. The van der Waals surface area contributed by atoms with E-state index in [-0.39, 0.29) is 5.82 Å². The van der Waals surface area contributed by atoms with Gasteiger partial charge in [-0.05, 0) is 53.7 Å². The van der Waals surface area contributed by atoms with Crippen LogP contribution in [0.2, 0.25) is 0 Å². The first kappa shape index (κ1) is 15.5. The van der Waals surface area contributed by atoms with Gasteiger partial charge in [0.15, 0.2) is 0 Å². The third-order valence-corrected chi connectivity index (χ3v) is 4.61. The fourth-order valence-corrected chi connectivity index (χ4v) is 3.17. The number of rotatable bonds is 6. The van der Waals surface area contributed by atoms with Crippen molar-refractivity contribution in [1.82, 2.24) is 5.32 Å². The summed E-state index contributed by atoms with van der Waals surface area (Å²) < 4.78 is 19.3. The van der Waals surface area contributed by atoms with Gasteiger partial charge in [-0.1, -0.05) is 6.92 Å². The number of hydrogen-bond donors (Lipinski definition) is 1. The number of thiophene rings is 1. The predicted molar refractivity (Wildman–Crippen MR) is 84.9 cm³/mol. The lowest BCUT2D eigenvalue weighted by Gasteiger charge is -2.06. The molecule has 0 aliphatic rings. The van der Waals surface area contributed by atoms with Gasteiger partial charge in [-0.3, -0.25) is 0 Å². The smallest absolute Gasteiger partial charge is 0.137 e. The van der Waals surface area contributed by atoms with Gasteiger partial charge in [-0.25, -0.2) is 4.39 Å². The minimum Gasteiger partial charge on any atom is -0.489 e. The Morgan fingerprint density at radius 2 is 2.15 bits per heavy atom. The number of ether oxygens (including phenoxy) is 1. The van der Waals surface area contributed by atoms with E-state index in [1.165, 1.54) is 21.4 Å². The Kier molecular flexibility index (Phi) is 5.57. The molecule has 0 atom stereocenters. The standard InChI is InChI=1S/C15H17BrFNOS/c1-3-18-8-13-6-11(10(2)20-13)9-19-12-4-5-15(17)14(16)7-12/h4-7,18H,3,8-9H2,1-2H3. The van der Waals surface area contributed by atoms with E-state index in [0.717, 1.165) is 13.1 Å². The second-order valence-electron chi connectivity index (χ2n) is 4.44. The fourth-order valence-electron chi connectivity index (χ4n) is 1.79. The van der Waals surface area contributed by atoms with Crippen LogP contribution in [-0.4, -0.2) is 6.54 Å². The molecule has 0 fully saturated rings. The van der Waals surface area contributed by atoms with Crippen molar-refractivity contribution in [2.45, 2.75) is 27.0 Å². The maximum Gasteiger partial charge on any atom is 0.137 e. The molecule has 20 heavy (non-hydrogen) atoms. The molecule has 0 saturated carbocycles. The highest BCUT2D eigenvalue weighted by Crippen LogP contribution is 2.25. The summed E-state index contributed by atoms with van der Waals surface area (Å²) in [6.45, 7) is 6.55. The first-order valence-corrected chi connectivity index (χ1v) is 8.08. The van der Waals surface area contributed by atoms with E-state index in [1.807, 2.05) is 0 Å². The van der Waals surface area contributed by atoms with Gasteiger partial charge >= 0.3 is 0 Å². The Morgan fingerprint density at radius 1 is 1.35 bits per heavy atom. The fraction of sp³-hybridized carbons (Fsp3) is 0.333. The Morgan fingerprint density at radius 3 is 2.85 bits per heavy atom. The number of nitrogens with one attached hydrogen (secondary N) is 1. The summed E-state index contributed by atoms with van der Waals surface area (Å²) in [6, 6.07) is 6.86. The Bertz CT molecular complexity index is 585. The molecule has 0 aliphatic carbocycles. The minimum atomic E-state index is -0.281. The van der Waals surface area contributed by atoms with E-state index < -0.39 is 0 Å². The molecule has 2 nitrogen and oxygen atoms in total. The van der Waals surface area contributed by atoms with Crippen molar-refractivity contribution in [3.63, 3.8) is 0 Å². The van der Waals surface area contributed by atoms with Crippen molar-refractivity contribution in [2.75, 3.05) is 6.54 Å². The van der Waals surface area contributed by atoms with Crippen LogP contribution in [0.15, 0.2) is 28.7 Å². The number of aryl methyl sites for hydroxylation is 1. The number of halogens is 2. The zero-order valence-corrected chi connectivity index (χ0v) is 13.9. The van der Waals surface area contributed by atoms with Crippen molar-refractivity contribution in [2.24, 2.45) is 0 Å². The summed E-state index contributed by atoms with van der Waals surface area (Å²) in [5.74, 6) is 0.383. The largest absolute Gasteiger partial charge is 0.489 e. The van der Waals surface area contributed by atoms with Gasteiger partial charge in [-0.2, -0.15) is 0 Å². The Labute approximate surface area is 131 Å². The summed E-state index contributed by atoms with van der Waals surface area (Å²) >= 11 is 4.94. The molecule has 0 bridgehead atoms. The van der Waals surface area contributed by atoms with E-state index in [9.17, 15) is 4.39 Å². The monoisotopic (exact) mass is 357 g/mol. The summed E-state index contributed by atoms with van der Waals surface area (Å²) in [5.41, 5.74) is 1.18. The lowest BCUT2D eigenvalue weighted by molar-refractivity contribution is 0.305. The van der Waals surface area contributed by atoms with Crippen LogP contribution in [0.3, 0.4) is 0 Å². The van der Waals surface area contributed by atoms with Crippen molar-refractivity contribution in [3.8, 4) is 5.75 Å². The van der Waals surface area contributed by atoms with E-state index >= 15 is 0 Å². The van der Waals surface area contributed by atoms with Crippen molar-refractivity contribution in [3.05, 3.63) is 49.9 Å². The van der Waals surface area contributed by atoms with Crippen LogP contribution in [-0.2, 0) is 13.2 Å². The Balaban J connectivity index is 1.99. The molecule has 2 rings (SSSR count). The SMILES string of the molecule is CCNCc1cc(COc2ccc(F)c(Br)c2)c(C)s1. The van der Waals surface area contributed by atoms with Gasteiger partial charge in [0.25, 0.3) is 0 Å². The average molecular weight is 358 g/mol. The van der Waals surface area contributed by atoms with Crippen LogP contribution in [0.5, 0.6) is 5.75 Å². The molecule has 2 aromatic rings. The summed E-state index contributed by atoms with van der Waals surface area (Å²) in [5, 5.41) is 3.31. The van der Waals surface area contributed by atoms with E-state index in [4.69, 9.17) is 4.74 Å². The van der Waals surface area contributed by atoms with Crippen LogP contribution < -0.4 is 10.1 Å². The third-order valence-electron chi connectivity index (χ3n) is 2.91. The van der Waals surface area contributed by atoms with Gasteiger partial charge < -0.3 is 10.1 Å². The van der Waals surface area contributed by atoms with Crippen LogP contribution in [0.4, 0.5) is 4.39 Å². The van der Waals surface area contributed by atoms with Crippen LogP contribution >= 0.6 is 27.3 Å². The third kappa shape index (κ3) is 4.04. The summed E-state index contributed by atoms with van der Waals surface area (Å²) in [7, 11) is 0. The molecule has 0 radical (unpaired) electrons. The highest BCUT2D eigenvalue weighted by Gasteiger charge is 2.07. The van der Waals surface area contributed by atoms with E-state index in [1.54, 1.807) is 23.5 Å². The topological polar surface area (TPSA) is 21.3 Å². The van der Waals surface area contributed by atoms with Crippen molar-refractivity contribution < 1.29 is 9.13 Å². The quantitative estimate of drug-likeness (QED) is 0.812. The zero-order valence-electron chi connectivity index (χ0n) is 11.5. The van der Waals surface area contributed by atoms with E-state index in [2.05, 4.69) is 41.2 Å². The highest BCUT2D eigenvalue weighted by molar-refractivity contribution is 9.10. The van der Waals surface area contributed by atoms with Crippen LogP contribution in [0.25, 0.3) is 0 Å². The van der Waals surface area contributed by atoms with Crippen molar-refractivity contribution in [1.29, 1.82) is 0 Å². The second kappa shape index (κ2) is 7.20. The molecule has 1 aromatic heterocycles. The first-order chi connectivity index (χ1) is 9.60. The predicted octanol–water partition coefficient (Wildman–Crippen LogP) is 4.65. The Hall–Kier alpha value is -0.910. The van der Waals surface area contributed by atoms with E-state index in [0.29, 0.717) is 16.8 Å². The van der Waals surface area contributed by atoms with Crippen LogP contribution in [0.1, 0.15) is 22.2 Å². The molecule has 0 saturated heterocycles. The van der Waals surface area contributed by atoms with Crippen LogP contribution in [0, 0.1) is 12.7 Å². The minimum absolute atomic E-state index is 0.281. The number of hydrogen-bond acceptors (Lipinski definition) is 3. The lowest BCUT2D eigenvalue weighted by Crippen LogP contribution is -2.10. The molecule has 0 spiro atoms. The summed E-state index contributed by atoms with van der Waals surface area (Å²) in [4.78, 5) is 2.57. The summed E-state index contributed by atoms with van der Waals surface area (Å²) in [6.07, 6.45) is 0. The molecule has 0 unspecified atom stereocenters. The van der Waals surface area contributed by atoms with Gasteiger partial charge in [-0.15, -0.1) is 11.3 Å². The molecule has 108 valence electrons. The molecular formula is C15H17BrFNOS. The molecule has 1 heterocycles. The van der Waals surface area contributed by atoms with Gasteiger partial charge in [0, 0.05) is 21.9 Å². The van der Waals surface area contributed by atoms with Gasteiger partial charge in [0.1, 0.15) is 18.2 Å². The molecule has 5 heteroatoms. The second-order valence-corrected chi connectivity index (χ2v) is 6.63. The zero-order chi connectivity index (χ0) is 14.5. The van der Waals surface area contributed by atoms with Crippen molar-refractivity contribution >= 4 is 27.3 Å². The first-order valence-electron chi connectivity index (χ1n) is 6.47. The lowest BCUT2D eigenvalue weighted by atomic mass is 10.2. The van der Waals surface area contributed by atoms with Gasteiger partial charge in [0.05, 0.1) is 4.47 Å².